The molecule has 0 unspecified atom stereocenters. The first kappa shape index (κ1) is 8.31. The molecule has 1 heterocycles. The summed E-state index contributed by atoms with van der Waals surface area (Å²) in [6.45, 7) is 2.22. The minimum Gasteiger partial charge on any atom is -0.449 e. The van der Waals surface area contributed by atoms with Crippen LogP contribution in [0.15, 0.2) is 17.0 Å². The standard InChI is InChI=1S/C9H15NO/c1-2-3-4-5-6-9-7-10-8-11-9/h7-8H,2-6H2,1H3. The van der Waals surface area contributed by atoms with Crippen LogP contribution in [0.25, 0.3) is 0 Å². The largest absolute Gasteiger partial charge is 0.449 e. The smallest absolute Gasteiger partial charge is 0.180 e. The quantitative estimate of drug-likeness (QED) is 0.608. The molecule has 0 aliphatic heterocycles. The van der Waals surface area contributed by atoms with Gasteiger partial charge in [0, 0.05) is 6.42 Å². The molecule has 0 aliphatic rings. The van der Waals surface area contributed by atoms with Gasteiger partial charge in [-0.25, -0.2) is 4.98 Å². The third-order valence-electron chi connectivity index (χ3n) is 1.76. The number of rotatable bonds is 5. The Balaban J connectivity index is 2.04. The van der Waals surface area contributed by atoms with E-state index in [0.29, 0.717) is 0 Å². The van der Waals surface area contributed by atoms with Gasteiger partial charge in [0.05, 0.1) is 6.20 Å². The van der Waals surface area contributed by atoms with E-state index in [0.717, 1.165) is 12.2 Å². The fourth-order valence-electron chi connectivity index (χ4n) is 1.09. The summed E-state index contributed by atoms with van der Waals surface area (Å²) >= 11 is 0. The van der Waals surface area contributed by atoms with Gasteiger partial charge in [-0.1, -0.05) is 26.2 Å². The van der Waals surface area contributed by atoms with E-state index >= 15 is 0 Å². The predicted molar refractivity (Wildman–Crippen MR) is 44.3 cm³/mol. The highest BCUT2D eigenvalue weighted by atomic mass is 16.3. The van der Waals surface area contributed by atoms with Crippen molar-refractivity contribution in [3.05, 3.63) is 18.4 Å². The van der Waals surface area contributed by atoms with Crippen LogP contribution < -0.4 is 0 Å². The molecule has 0 aliphatic carbocycles. The molecule has 0 amide bonds. The zero-order valence-electron chi connectivity index (χ0n) is 7.05. The maximum Gasteiger partial charge on any atom is 0.180 e. The van der Waals surface area contributed by atoms with E-state index in [-0.39, 0.29) is 0 Å². The number of aromatic nitrogens is 1. The summed E-state index contributed by atoms with van der Waals surface area (Å²) in [4.78, 5) is 3.85. The molecule has 0 saturated carbocycles. The second-order valence-electron chi connectivity index (χ2n) is 2.78. The van der Waals surface area contributed by atoms with Crippen LogP contribution in [0.1, 0.15) is 38.4 Å². The number of oxazole rings is 1. The van der Waals surface area contributed by atoms with Gasteiger partial charge in [0.15, 0.2) is 6.39 Å². The predicted octanol–water partition coefficient (Wildman–Crippen LogP) is 2.80. The van der Waals surface area contributed by atoms with Crippen molar-refractivity contribution in [1.82, 2.24) is 4.98 Å². The van der Waals surface area contributed by atoms with Crippen LogP contribution >= 0.6 is 0 Å². The van der Waals surface area contributed by atoms with Crippen LogP contribution in [-0.2, 0) is 6.42 Å². The van der Waals surface area contributed by atoms with Crippen LogP contribution in [0.3, 0.4) is 0 Å². The highest BCUT2D eigenvalue weighted by Crippen LogP contribution is 2.06. The molecule has 1 aromatic rings. The van der Waals surface area contributed by atoms with Crippen molar-refractivity contribution in [3.8, 4) is 0 Å². The second-order valence-corrected chi connectivity index (χ2v) is 2.78. The molecule has 0 atom stereocenters. The zero-order chi connectivity index (χ0) is 7.94. The molecule has 11 heavy (non-hydrogen) atoms. The van der Waals surface area contributed by atoms with Crippen LogP contribution in [0, 0.1) is 0 Å². The van der Waals surface area contributed by atoms with Gasteiger partial charge in [-0.15, -0.1) is 0 Å². The fourth-order valence-corrected chi connectivity index (χ4v) is 1.09. The average molecular weight is 153 g/mol. The molecule has 0 aromatic carbocycles. The van der Waals surface area contributed by atoms with Crippen molar-refractivity contribution in [1.29, 1.82) is 0 Å². The van der Waals surface area contributed by atoms with Crippen LogP contribution in [-0.4, -0.2) is 4.98 Å². The summed E-state index contributed by atoms with van der Waals surface area (Å²) in [5.41, 5.74) is 0. The summed E-state index contributed by atoms with van der Waals surface area (Å²) < 4.78 is 5.10. The third-order valence-corrected chi connectivity index (χ3v) is 1.76. The van der Waals surface area contributed by atoms with Crippen molar-refractivity contribution in [2.24, 2.45) is 0 Å². The van der Waals surface area contributed by atoms with E-state index in [1.807, 2.05) is 0 Å². The number of nitrogens with zero attached hydrogens (tertiary/aromatic N) is 1. The fraction of sp³-hybridized carbons (Fsp3) is 0.667. The molecule has 0 radical (unpaired) electrons. The Bertz CT molecular complexity index is 170. The highest BCUT2D eigenvalue weighted by molar-refractivity contribution is 4.87. The molecule has 62 valence electrons. The monoisotopic (exact) mass is 153 g/mol. The number of hydrogen-bond acceptors (Lipinski definition) is 2. The molecule has 0 bridgehead atoms. The lowest BCUT2D eigenvalue weighted by molar-refractivity contribution is 0.490. The molecule has 1 rings (SSSR count). The second kappa shape index (κ2) is 4.94. The summed E-state index contributed by atoms with van der Waals surface area (Å²) in [5.74, 6) is 1.01. The van der Waals surface area contributed by atoms with Crippen molar-refractivity contribution in [2.45, 2.75) is 39.0 Å². The minimum atomic E-state index is 1.01. The summed E-state index contributed by atoms with van der Waals surface area (Å²) in [6, 6.07) is 0. The maximum absolute atomic E-state index is 5.10. The zero-order valence-corrected chi connectivity index (χ0v) is 7.05. The lowest BCUT2D eigenvalue weighted by Crippen LogP contribution is -1.81. The summed E-state index contributed by atoms with van der Waals surface area (Å²) in [5, 5.41) is 0. The average Bonchev–Trinajstić information content (AvgIpc) is 2.50. The molecular weight excluding hydrogens is 138 g/mol. The number of unbranched alkanes of at least 4 members (excludes halogenated alkanes) is 3. The van der Waals surface area contributed by atoms with Crippen molar-refractivity contribution >= 4 is 0 Å². The molecule has 1 aromatic heterocycles. The third kappa shape index (κ3) is 3.21. The maximum atomic E-state index is 5.10. The van der Waals surface area contributed by atoms with Gasteiger partial charge in [-0.3, -0.25) is 0 Å². The van der Waals surface area contributed by atoms with Crippen molar-refractivity contribution < 1.29 is 4.42 Å². The molecular formula is C9H15NO. The van der Waals surface area contributed by atoms with Gasteiger partial charge in [0.1, 0.15) is 5.76 Å². The Morgan fingerprint density at radius 3 is 2.91 bits per heavy atom. The summed E-state index contributed by atoms with van der Waals surface area (Å²) in [6.07, 6.45) is 9.48. The van der Waals surface area contributed by atoms with Gasteiger partial charge < -0.3 is 4.42 Å². The Morgan fingerprint density at radius 2 is 2.27 bits per heavy atom. The first-order chi connectivity index (χ1) is 5.43. The lowest BCUT2D eigenvalue weighted by atomic mass is 10.1. The summed E-state index contributed by atoms with van der Waals surface area (Å²) in [7, 11) is 0. The van der Waals surface area contributed by atoms with E-state index in [1.165, 1.54) is 32.1 Å². The van der Waals surface area contributed by atoms with Gasteiger partial charge in [0.2, 0.25) is 0 Å². The van der Waals surface area contributed by atoms with E-state index < -0.39 is 0 Å². The molecule has 2 heteroatoms. The molecule has 2 nitrogen and oxygen atoms in total. The Labute approximate surface area is 67.6 Å². The van der Waals surface area contributed by atoms with Gasteiger partial charge >= 0.3 is 0 Å². The molecule has 0 spiro atoms. The van der Waals surface area contributed by atoms with E-state index in [9.17, 15) is 0 Å². The Hall–Kier alpha value is -0.790. The Kier molecular flexibility index (Phi) is 3.73. The van der Waals surface area contributed by atoms with Crippen molar-refractivity contribution in [3.63, 3.8) is 0 Å². The molecule has 0 saturated heterocycles. The topological polar surface area (TPSA) is 26.0 Å². The van der Waals surface area contributed by atoms with Crippen LogP contribution in [0.5, 0.6) is 0 Å². The first-order valence-electron chi connectivity index (χ1n) is 4.31. The minimum absolute atomic E-state index is 1.01. The van der Waals surface area contributed by atoms with Crippen LogP contribution in [0.2, 0.25) is 0 Å². The van der Waals surface area contributed by atoms with Gasteiger partial charge in [-0.2, -0.15) is 0 Å². The molecule has 0 N–H and O–H groups in total. The van der Waals surface area contributed by atoms with Gasteiger partial charge in [0.25, 0.3) is 0 Å². The van der Waals surface area contributed by atoms with E-state index in [4.69, 9.17) is 4.42 Å². The highest BCUT2D eigenvalue weighted by Gasteiger charge is 1.94. The number of hydrogen-bond donors (Lipinski definition) is 0. The Morgan fingerprint density at radius 1 is 1.36 bits per heavy atom. The van der Waals surface area contributed by atoms with E-state index in [1.54, 1.807) is 6.20 Å². The SMILES string of the molecule is CCCCCCc1cnco1. The first-order valence-corrected chi connectivity index (χ1v) is 4.31. The van der Waals surface area contributed by atoms with Crippen molar-refractivity contribution in [2.75, 3.05) is 0 Å². The van der Waals surface area contributed by atoms with Gasteiger partial charge in [-0.05, 0) is 6.42 Å². The normalized spacial score (nSPS) is 10.3. The van der Waals surface area contributed by atoms with E-state index in [2.05, 4.69) is 11.9 Å². The number of aryl methyl sites for hydroxylation is 1. The molecule has 0 fully saturated rings. The van der Waals surface area contributed by atoms with Crippen LogP contribution in [0.4, 0.5) is 0 Å². The lowest BCUT2D eigenvalue weighted by Gasteiger charge is -1.94.